The number of sulfone groups is 1. The van der Waals surface area contributed by atoms with E-state index in [1.165, 1.54) is 4.57 Å². The second kappa shape index (κ2) is 6.26. The molecule has 1 heterocycles. The van der Waals surface area contributed by atoms with Crippen LogP contribution in [-0.4, -0.2) is 18.7 Å². The Kier molecular flexibility index (Phi) is 4.63. The van der Waals surface area contributed by atoms with Crippen molar-refractivity contribution in [3.63, 3.8) is 0 Å². The summed E-state index contributed by atoms with van der Waals surface area (Å²) < 4.78 is 25.9. The van der Waals surface area contributed by atoms with E-state index in [2.05, 4.69) is 0 Å². The highest BCUT2D eigenvalue weighted by Gasteiger charge is 2.13. The molecule has 112 valence electrons. The van der Waals surface area contributed by atoms with Gasteiger partial charge in [0, 0.05) is 18.8 Å². The summed E-state index contributed by atoms with van der Waals surface area (Å²) in [7, 11) is -3.28. The average molecular weight is 305 g/mol. The maximum absolute atomic E-state index is 12.2. The molecular weight excluding hydrogens is 286 g/mol. The topological polar surface area (TPSA) is 56.1 Å². The van der Waals surface area contributed by atoms with Crippen LogP contribution in [0.15, 0.2) is 52.3 Å². The third-order valence-electron chi connectivity index (χ3n) is 3.34. The molecule has 0 spiro atoms. The summed E-state index contributed by atoms with van der Waals surface area (Å²) in [5, 5.41) is 0. The van der Waals surface area contributed by atoms with E-state index in [9.17, 15) is 13.2 Å². The van der Waals surface area contributed by atoms with Gasteiger partial charge in [0.15, 0.2) is 9.84 Å². The van der Waals surface area contributed by atoms with Crippen LogP contribution in [0, 0.1) is 13.8 Å². The number of nitrogens with zero attached hydrogens (tertiary/aromatic N) is 1. The molecule has 21 heavy (non-hydrogen) atoms. The van der Waals surface area contributed by atoms with Crippen molar-refractivity contribution in [2.75, 3.05) is 5.75 Å². The lowest BCUT2D eigenvalue weighted by atomic mass is 10.2. The van der Waals surface area contributed by atoms with Crippen molar-refractivity contribution >= 4 is 9.84 Å². The van der Waals surface area contributed by atoms with E-state index in [0.29, 0.717) is 17.9 Å². The van der Waals surface area contributed by atoms with Gasteiger partial charge in [-0.2, -0.15) is 0 Å². The predicted molar refractivity (Wildman–Crippen MR) is 83.3 cm³/mol. The lowest BCUT2D eigenvalue weighted by molar-refractivity contribution is 0.584. The Hall–Kier alpha value is -1.88. The number of rotatable bonds is 5. The fraction of sp³-hybridized carbons (Fsp3) is 0.312. The molecule has 0 aliphatic carbocycles. The molecule has 1 aromatic heterocycles. The van der Waals surface area contributed by atoms with E-state index < -0.39 is 9.84 Å². The zero-order valence-electron chi connectivity index (χ0n) is 12.2. The number of hydrogen-bond donors (Lipinski definition) is 0. The number of hydrogen-bond acceptors (Lipinski definition) is 3. The van der Waals surface area contributed by atoms with Gasteiger partial charge >= 0.3 is 0 Å². The minimum atomic E-state index is -3.28. The average Bonchev–Trinajstić information content (AvgIpc) is 2.41. The predicted octanol–water partition coefficient (Wildman–Crippen LogP) is 2.33. The van der Waals surface area contributed by atoms with Crippen LogP contribution >= 0.6 is 0 Å². The van der Waals surface area contributed by atoms with Gasteiger partial charge in [0.05, 0.1) is 10.6 Å². The first kappa shape index (κ1) is 15.5. The normalized spacial score (nSPS) is 11.5. The Labute approximate surface area is 125 Å². The summed E-state index contributed by atoms with van der Waals surface area (Å²) in [6.07, 6.45) is 2.12. The zero-order valence-corrected chi connectivity index (χ0v) is 13.1. The molecule has 0 aliphatic rings. The van der Waals surface area contributed by atoms with Crippen molar-refractivity contribution < 1.29 is 8.42 Å². The molecule has 0 N–H and O–H groups in total. The first-order valence-electron chi connectivity index (χ1n) is 6.85. The summed E-state index contributed by atoms with van der Waals surface area (Å²) in [5.74, 6) is 0.0381. The van der Waals surface area contributed by atoms with Crippen LogP contribution < -0.4 is 5.56 Å². The molecule has 0 aliphatic heterocycles. The molecule has 0 saturated carbocycles. The van der Waals surface area contributed by atoms with Gasteiger partial charge in [-0.3, -0.25) is 4.79 Å². The number of pyridine rings is 1. The van der Waals surface area contributed by atoms with Gasteiger partial charge in [-0.25, -0.2) is 8.42 Å². The number of aromatic nitrogens is 1. The molecule has 0 unspecified atom stereocenters. The SMILES string of the molecule is Cc1ccc(S(=O)(=O)CCCn2ccc(C)cc2=O)cc1. The van der Waals surface area contributed by atoms with Crippen LogP contribution in [-0.2, 0) is 16.4 Å². The van der Waals surface area contributed by atoms with E-state index in [1.54, 1.807) is 36.5 Å². The fourth-order valence-electron chi connectivity index (χ4n) is 2.08. The molecule has 0 radical (unpaired) electrons. The van der Waals surface area contributed by atoms with Crippen molar-refractivity contribution in [1.29, 1.82) is 0 Å². The highest BCUT2D eigenvalue weighted by atomic mass is 32.2. The highest BCUT2D eigenvalue weighted by molar-refractivity contribution is 7.91. The second-order valence-corrected chi connectivity index (χ2v) is 7.33. The van der Waals surface area contributed by atoms with Gasteiger partial charge in [0.1, 0.15) is 0 Å². The summed E-state index contributed by atoms with van der Waals surface area (Å²) in [6.45, 7) is 4.18. The maximum atomic E-state index is 12.2. The van der Waals surface area contributed by atoms with Crippen molar-refractivity contribution in [3.05, 3.63) is 64.1 Å². The summed E-state index contributed by atoms with van der Waals surface area (Å²) in [6, 6.07) is 10.2. The fourth-order valence-corrected chi connectivity index (χ4v) is 3.38. The summed E-state index contributed by atoms with van der Waals surface area (Å²) in [5.41, 5.74) is 1.84. The standard InChI is InChI=1S/C16H19NO3S/c1-13-4-6-15(7-5-13)21(19,20)11-3-9-17-10-8-14(2)12-16(17)18/h4-8,10,12H,3,9,11H2,1-2H3. The van der Waals surface area contributed by atoms with E-state index in [-0.39, 0.29) is 11.3 Å². The van der Waals surface area contributed by atoms with Gasteiger partial charge in [-0.15, -0.1) is 0 Å². The molecule has 4 nitrogen and oxygen atoms in total. The van der Waals surface area contributed by atoms with Crippen LogP contribution in [0.1, 0.15) is 17.5 Å². The third kappa shape index (κ3) is 4.04. The molecular formula is C16H19NO3S. The molecule has 0 saturated heterocycles. The highest BCUT2D eigenvalue weighted by Crippen LogP contribution is 2.13. The van der Waals surface area contributed by atoms with Crippen LogP contribution in [0.3, 0.4) is 0 Å². The Morgan fingerprint density at radius 1 is 1.00 bits per heavy atom. The van der Waals surface area contributed by atoms with Gasteiger partial charge in [-0.1, -0.05) is 17.7 Å². The Bertz CT molecular complexity index is 774. The number of benzene rings is 1. The molecule has 2 aromatic rings. The Morgan fingerprint density at radius 2 is 1.67 bits per heavy atom. The molecule has 0 fully saturated rings. The molecule has 1 aromatic carbocycles. The first-order chi connectivity index (χ1) is 9.88. The van der Waals surface area contributed by atoms with Crippen molar-refractivity contribution in [2.45, 2.75) is 31.7 Å². The molecule has 0 amide bonds. The molecule has 5 heteroatoms. The smallest absolute Gasteiger partial charge is 0.250 e. The van der Waals surface area contributed by atoms with Crippen LogP contribution in [0.4, 0.5) is 0 Å². The van der Waals surface area contributed by atoms with Crippen LogP contribution in [0.5, 0.6) is 0 Å². The van der Waals surface area contributed by atoms with Gasteiger partial charge < -0.3 is 4.57 Å². The Morgan fingerprint density at radius 3 is 2.29 bits per heavy atom. The lowest BCUT2D eigenvalue weighted by Gasteiger charge is -2.07. The van der Waals surface area contributed by atoms with Crippen molar-refractivity contribution in [3.8, 4) is 0 Å². The monoisotopic (exact) mass is 305 g/mol. The quantitative estimate of drug-likeness (QED) is 0.852. The molecule has 0 atom stereocenters. The number of aryl methyl sites for hydroxylation is 3. The minimum absolute atomic E-state index is 0.0381. The van der Waals surface area contributed by atoms with Crippen molar-refractivity contribution in [1.82, 2.24) is 4.57 Å². The molecule has 2 rings (SSSR count). The van der Waals surface area contributed by atoms with Gasteiger partial charge in [0.25, 0.3) is 5.56 Å². The van der Waals surface area contributed by atoms with Crippen molar-refractivity contribution in [2.24, 2.45) is 0 Å². The van der Waals surface area contributed by atoms with Gasteiger partial charge in [0.2, 0.25) is 0 Å². The van der Waals surface area contributed by atoms with E-state index >= 15 is 0 Å². The van der Waals surface area contributed by atoms with Crippen LogP contribution in [0.2, 0.25) is 0 Å². The third-order valence-corrected chi connectivity index (χ3v) is 5.16. The maximum Gasteiger partial charge on any atom is 0.250 e. The van der Waals surface area contributed by atoms with Gasteiger partial charge in [-0.05, 0) is 44.0 Å². The molecule has 0 bridgehead atoms. The van der Waals surface area contributed by atoms with E-state index in [4.69, 9.17) is 0 Å². The second-order valence-electron chi connectivity index (χ2n) is 5.22. The van der Waals surface area contributed by atoms with E-state index in [0.717, 1.165) is 11.1 Å². The first-order valence-corrected chi connectivity index (χ1v) is 8.50. The Balaban J connectivity index is 2.02. The minimum Gasteiger partial charge on any atom is -0.315 e. The van der Waals surface area contributed by atoms with Crippen LogP contribution in [0.25, 0.3) is 0 Å². The summed E-state index contributed by atoms with van der Waals surface area (Å²) in [4.78, 5) is 12.1. The largest absolute Gasteiger partial charge is 0.315 e. The zero-order chi connectivity index (χ0) is 15.5. The lowest BCUT2D eigenvalue weighted by Crippen LogP contribution is -2.20. The summed E-state index contributed by atoms with van der Waals surface area (Å²) >= 11 is 0. The van der Waals surface area contributed by atoms with E-state index in [1.807, 2.05) is 19.9 Å².